The van der Waals surface area contributed by atoms with E-state index in [9.17, 15) is 4.79 Å². The van der Waals surface area contributed by atoms with Gasteiger partial charge < -0.3 is 9.64 Å². The predicted octanol–water partition coefficient (Wildman–Crippen LogP) is 5.41. The van der Waals surface area contributed by atoms with Gasteiger partial charge in [0, 0.05) is 44.1 Å². The van der Waals surface area contributed by atoms with Gasteiger partial charge in [0.2, 0.25) is 5.91 Å². The van der Waals surface area contributed by atoms with E-state index in [-0.39, 0.29) is 12.0 Å². The van der Waals surface area contributed by atoms with E-state index in [0.717, 1.165) is 48.4 Å². The highest BCUT2D eigenvalue weighted by molar-refractivity contribution is 5.76. The summed E-state index contributed by atoms with van der Waals surface area (Å²) in [4.78, 5) is 15.5. The molecular weight excluding hydrogens is 422 g/mol. The maximum atomic E-state index is 13.4. The molecule has 5 heteroatoms. The van der Waals surface area contributed by atoms with Crippen LogP contribution in [0.15, 0.2) is 54.6 Å². The molecule has 2 aromatic carbocycles. The van der Waals surface area contributed by atoms with E-state index in [0.29, 0.717) is 25.6 Å². The molecule has 3 aromatic rings. The molecule has 1 amide bonds. The van der Waals surface area contributed by atoms with Crippen LogP contribution in [0.3, 0.4) is 0 Å². The predicted molar refractivity (Wildman–Crippen MR) is 134 cm³/mol. The van der Waals surface area contributed by atoms with Crippen molar-refractivity contribution in [3.63, 3.8) is 0 Å². The summed E-state index contributed by atoms with van der Waals surface area (Å²) in [6.07, 6.45) is 7.19. The van der Waals surface area contributed by atoms with Gasteiger partial charge in [-0.3, -0.25) is 9.48 Å². The van der Waals surface area contributed by atoms with Crippen LogP contribution in [-0.2, 0) is 30.7 Å². The molecule has 1 saturated carbocycles. The SMILES string of the molecule is Cc1cc(C)n(CCC(=O)N(Cc2cccc(OC3Cc4ccccc4C3)c2)C2CCCC2)n1. The Balaban J connectivity index is 1.25. The molecule has 2 aliphatic carbocycles. The fourth-order valence-electron chi connectivity index (χ4n) is 5.59. The minimum absolute atomic E-state index is 0.181. The Morgan fingerprint density at radius 2 is 1.76 bits per heavy atom. The van der Waals surface area contributed by atoms with Gasteiger partial charge in [0.25, 0.3) is 0 Å². The summed E-state index contributed by atoms with van der Waals surface area (Å²) in [5.74, 6) is 1.12. The van der Waals surface area contributed by atoms with Crippen LogP contribution in [0.4, 0.5) is 0 Å². The number of amides is 1. The maximum absolute atomic E-state index is 13.4. The lowest BCUT2D eigenvalue weighted by molar-refractivity contribution is -0.134. The van der Waals surface area contributed by atoms with Gasteiger partial charge in [-0.25, -0.2) is 0 Å². The molecular formula is C29H35N3O2. The first-order chi connectivity index (χ1) is 16.5. The van der Waals surface area contributed by atoms with E-state index >= 15 is 0 Å². The third-order valence-electron chi connectivity index (χ3n) is 7.29. The molecule has 0 aliphatic heterocycles. The molecule has 5 nitrogen and oxygen atoms in total. The zero-order chi connectivity index (χ0) is 23.5. The fraction of sp³-hybridized carbons (Fsp3) is 0.448. The van der Waals surface area contributed by atoms with Gasteiger partial charge in [-0.1, -0.05) is 49.2 Å². The van der Waals surface area contributed by atoms with E-state index < -0.39 is 0 Å². The monoisotopic (exact) mass is 457 g/mol. The lowest BCUT2D eigenvalue weighted by Crippen LogP contribution is -2.38. The number of benzene rings is 2. The van der Waals surface area contributed by atoms with Crippen molar-refractivity contribution in [3.8, 4) is 5.75 Å². The van der Waals surface area contributed by atoms with E-state index in [1.165, 1.54) is 24.0 Å². The van der Waals surface area contributed by atoms with Gasteiger partial charge in [-0.15, -0.1) is 0 Å². The van der Waals surface area contributed by atoms with Gasteiger partial charge in [0.05, 0.1) is 5.69 Å². The minimum Gasteiger partial charge on any atom is -0.490 e. The molecule has 0 unspecified atom stereocenters. The molecule has 1 heterocycles. The molecule has 1 aromatic heterocycles. The van der Waals surface area contributed by atoms with Crippen LogP contribution in [0.1, 0.15) is 60.2 Å². The van der Waals surface area contributed by atoms with Gasteiger partial charge in [0.15, 0.2) is 0 Å². The lowest BCUT2D eigenvalue weighted by Gasteiger charge is -2.29. The summed E-state index contributed by atoms with van der Waals surface area (Å²) in [7, 11) is 0. The van der Waals surface area contributed by atoms with Crippen molar-refractivity contribution in [3.05, 3.63) is 82.7 Å². The fourth-order valence-corrected chi connectivity index (χ4v) is 5.59. The second-order valence-corrected chi connectivity index (χ2v) is 9.92. The Bertz CT molecular complexity index is 1120. The third kappa shape index (κ3) is 5.19. The van der Waals surface area contributed by atoms with Crippen molar-refractivity contribution in [2.24, 2.45) is 0 Å². The standard InChI is InChI=1S/C29H35N3O2/c1-21-16-22(2)32(30-21)15-14-29(33)31(26-11-5-6-12-26)20-23-8-7-13-27(17-23)34-28-18-24-9-3-4-10-25(24)19-28/h3-4,7-10,13,16-17,26,28H,5-6,11-12,14-15,18-20H2,1-2H3. The normalized spacial score (nSPS) is 16.1. The average molecular weight is 458 g/mol. The van der Waals surface area contributed by atoms with Crippen molar-refractivity contribution < 1.29 is 9.53 Å². The number of nitrogens with zero attached hydrogens (tertiary/aromatic N) is 3. The number of carbonyl (C=O) groups excluding carboxylic acids is 1. The molecule has 0 bridgehead atoms. The number of hydrogen-bond donors (Lipinski definition) is 0. The second kappa shape index (κ2) is 10.0. The lowest BCUT2D eigenvalue weighted by atomic mass is 10.1. The molecule has 1 fully saturated rings. The van der Waals surface area contributed by atoms with Crippen molar-refractivity contribution in [2.75, 3.05) is 0 Å². The first kappa shape index (κ1) is 22.7. The van der Waals surface area contributed by atoms with Gasteiger partial charge in [0.1, 0.15) is 11.9 Å². The highest BCUT2D eigenvalue weighted by Crippen LogP contribution is 2.28. The number of fused-ring (bicyclic) bond motifs is 1. The summed E-state index contributed by atoms with van der Waals surface area (Å²) in [6.45, 7) is 5.32. The molecule has 0 radical (unpaired) electrons. The second-order valence-electron chi connectivity index (χ2n) is 9.92. The first-order valence-corrected chi connectivity index (χ1v) is 12.7. The summed E-state index contributed by atoms with van der Waals surface area (Å²) >= 11 is 0. The number of aromatic nitrogens is 2. The Hall–Kier alpha value is -3.08. The van der Waals surface area contributed by atoms with Crippen LogP contribution in [0, 0.1) is 13.8 Å². The summed E-state index contributed by atoms with van der Waals surface area (Å²) in [5, 5.41) is 4.53. The molecule has 5 rings (SSSR count). The quantitative estimate of drug-likeness (QED) is 0.455. The topological polar surface area (TPSA) is 47.4 Å². The van der Waals surface area contributed by atoms with Crippen LogP contribution in [-0.4, -0.2) is 32.7 Å². The average Bonchev–Trinajstić information content (AvgIpc) is 3.56. The Kier molecular flexibility index (Phi) is 6.70. The van der Waals surface area contributed by atoms with Crippen LogP contribution in [0.2, 0.25) is 0 Å². The molecule has 178 valence electrons. The maximum Gasteiger partial charge on any atom is 0.224 e. The van der Waals surface area contributed by atoms with Crippen LogP contribution in [0.25, 0.3) is 0 Å². The van der Waals surface area contributed by atoms with E-state index in [2.05, 4.69) is 58.5 Å². The first-order valence-electron chi connectivity index (χ1n) is 12.7. The van der Waals surface area contributed by atoms with Crippen molar-refractivity contribution >= 4 is 5.91 Å². The molecule has 0 spiro atoms. The Morgan fingerprint density at radius 3 is 2.44 bits per heavy atom. The van der Waals surface area contributed by atoms with Crippen molar-refractivity contribution in [2.45, 2.75) is 84.0 Å². The largest absolute Gasteiger partial charge is 0.490 e. The van der Waals surface area contributed by atoms with Crippen molar-refractivity contribution in [1.82, 2.24) is 14.7 Å². The molecule has 0 atom stereocenters. The van der Waals surface area contributed by atoms with E-state index in [1.807, 2.05) is 24.6 Å². The Morgan fingerprint density at radius 1 is 1.03 bits per heavy atom. The van der Waals surface area contributed by atoms with Gasteiger partial charge in [-0.05, 0) is 61.6 Å². The smallest absolute Gasteiger partial charge is 0.224 e. The highest BCUT2D eigenvalue weighted by Gasteiger charge is 2.27. The summed E-state index contributed by atoms with van der Waals surface area (Å²) < 4.78 is 8.32. The summed E-state index contributed by atoms with van der Waals surface area (Å²) in [5.41, 5.74) is 6.03. The van der Waals surface area contributed by atoms with Crippen LogP contribution in [0.5, 0.6) is 5.75 Å². The third-order valence-corrected chi connectivity index (χ3v) is 7.29. The molecule has 2 aliphatic rings. The van der Waals surface area contributed by atoms with Crippen molar-refractivity contribution in [1.29, 1.82) is 0 Å². The highest BCUT2D eigenvalue weighted by atomic mass is 16.5. The number of aryl methyl sites for hydroxylation is 3. The van der Waals surface area contributed by atoms with Gasteiger partial charge >= 0.3 is 0 Å². The molecule has 34 heavy (non-hydrogen) atoms. The van der Waals surface area contributed by atoms with E-state index in [4.69, 9.17) is 4.74 Å². The zero-order valence-corrected chi connectivity index (χ0v) is 20.4. The zero-order valence-electron chi connectivity index (χ0n) is 20.4. The van der Waals surface area contributed by atoms with E-state index in [1.54, 1.807) is 0 Å². The minimum atomic E-state index is 0.181. The Labute approximate surface area is 202 Å². The number of hydrogen-bond acceptors (Lipinski definition) is 3. The number of rotatable bonds is 8. The molecule has 0 saturated heterocycles. The number of ether oxygens (including phenoxy) is 1. The number of carbonyl (C=O) groups is 1. The van der Waals surface area contributed by atoms with Crippen LogP contribution >= 0.6 is 0 Å². The molecule has 0 N–H and O–H groups in total. The van der Waals surface area contributed by atoms with Gasteiger partial charge in [-0.2, -0.15) is 5.10 Å². The summed E-state index contributed by atoms with van der Waals surface area (Å²) in [6, 6.07) is 19.3. The van der Waals surface area contributed by atoms with Crippen LogP contribution < -0.4 is 4.74 Å².